The summed E-state index contributed by atoms with van der Waals surface area (Å²) in [4.78, 5) is 14.4. The number of anilines is 3. The summed E-state index contributed by atoms with van der Waals surface area (Å²) in [5, 5.41) is 7.41. The number of carbonyl (C=O) groups is 1. The number of benzene rings is 1. The van der Waals surface area contributed by atoms with Crippen LogP contribution in [-0.2, 0) is 18.3 Å². The van der Waals surface area contributed by atoms with Gasteiger partial charge in [-0.25, -0.2) is 0 Å². The summed E-state index contributed by atoms with van der Waals surface area (Å²) in [6.07, 6.45) is 0.756. The molecule has 0 bridgehead atoms. The molecule has 1 unspecified atom stereocenters. The van der Waals surface area contributed by atoms with E-state index >= 15 is 0 Å². The van der Waals surface area contributed by atoms with E-state index in [2.05, 4.69) is 27.4 Å². The van der Waals surface area contributed by atoms with Gasteiger partial charge in [-0.15, -0.1) is 0 Å². The summed E-state index contributed by atoms with van der Waals surface area (Å²) in [6.45, 7) is 1.92. The van der Waals surface area contributed by atoms with Crippen LogP contribution in [0, 0.1) is 6.92 Å². The van der Waals surface area contributed by atoms with Gasteiger partial charge in [0.05, 0.1) is 5.69 Å². The number of aryl methyl sites for hydroxylation is 2. The van der Waals surface area contributed by atoms with Gasteiger partial charge in [-0.3, -0.25) is 9.48 Å². The zero-order valence-corrected chi connectivity index (χ0v) is 10.8. The monoisotopic (exact) mass is 254 g/mol. The second-order valence-electron chi connectivity index (χ2n) is 5.12. The SMILES string of the molecule is Cc1nn(C)c2c1NC(=O)C1Cc3ccccc3N21. The molecule has 0 spiro atoms. The van der Waals surface area contributed by atoms with Crippen LogP contribution in [0.5, 0.6) is 0 Å². The van der Waals surface area contributed by atoms with Gasteiger partial charge in [-0.2, -0.15) is 5.10 Å². The van der Waals surface area contributed by atoms with Crippen molar-refractivity contribution in [2.24, 2.45) is 7.05 Å². The van der Waals surface area contributed by atoms with E-state index in [-0.39, 0.29) is 11.9 Å². The van der Waals surface area contributed by atoms with Gasteiger partial charge in [-0.1, -0.05) is 18.2 Å². The molecule has 0 saturated carbocycles. The highest BCUT2D eigenvalue weighted by Crippen LogP contribution is 2.45. The summed E-state index contributed by atoms with van der Waals surface area (Å²) in [5.74, 6) is 1.03. The maximum atomic E-state index is 12.3. The largest absolute Gasteiger partial charge is 0.320 e. The molecule has 3 heterocycles. The van der Waals surface area contributed by atoms with E-state index in [4.69, 9.17) is 0 Å². The highest BCUT2D eigenvalue weighted by molar-refractivity contribution is 6.07. The van der Waals surface area contributed by atoms with Gasteiger partial charge in [0.25, 0.3) is 0 Å². The van der Waals surface area contributed by atoms with Crippen LogP contribution >= 0.6 is 0 Å². The highest BCUT2D eigenvalue weighted by atomic mass is 16.2. The fourth-order valence-corrected chi connectivity index (χ4v) is 3.13. The van der Waals surface area contributed by atoms with Crippen molar-refractivity contribution < 1.29 is 4.79 Å². The number of hydrogen-bond acceptors (Lipinski definition) is 3. The minimum atomic E-state index is -0.153. The molecule has 5 heteroatoms. The second-order valence-corrected chi connectivity index (χ2v) is 5.12. The van der Waals surface area contributed by atoms with Crippen LogP contribution in [0.2, 0.25) is 0 Å². The Morgan fingerprint density at radius 3 is 3.00 bits per heavy atom. The topological polar surface area (TPSA) is 50.2 Å². The minimum absolute atomic E-state index is 0.0554. The van der Waals surface area contributed by atoms with Gasteiger partial charge >= 0.3 is 0 Å². The molecule has 0 saturated heterocycles. The molecule has 2 aliphatic heterocycles. The van der Waals surface area contributed by atoms with Crippen LogP contribution in [-0.4, -0.2) is 21.7 Å². The van der Waals surface area contributed by atoms with Crippen molar-refractivity contribution in [2.75, 3.05) is 10.2 Å². The van der Waals surface area contributed by atoms with Gasteiger partial charge in [0.1, 0.15) is 11.7 Å². The lowest BCUT2D eigenvalue weighted by Gasteiger charge is -2.31. The molecular formula is C14H14N4O. The zero-order valence-electron chi connectivity index (χ0n) is 10.8. The van der Waals surface area contributed by atoms with E-state index in [0.717, 1.165) is 29.3 Å². The van der Waals surface area contributed by atoms with E-state index in [1.54, 1.807) is 0 Å². The summed E-state index contributed by atoms with van der Waals surface area (Å²) in [5.41, 5.74) is 4.02. The average Bonchev–Trinajstić information content (AvgIpc) is 2.89. The van der Waals surface area contributed by atoms with Gasteiger partial charge in [0.15, 0.2) is 5.82 Å². The Labute approximate surface area is 110 Å². The summed E-state index contributed by atoms with van der Waals surface area (Å²) >= 11 is 0. The number of rotatable bonds is 0. The second kappa shape index (κ2) is 3.38. The lowest BCUT2D eigenvalue weighted by Crippen LogP contribution is -2.44. The van der Waals surface area contributed by atoms with Gasteiger partial charge in [0, 0.05) is 19.2 Å². The van der Waals surface area contributed by atoms with Crippen molar-refractivity contribution >= 4 is 23.1 Å². The maximum Gasteiger partial charge on any atom is 0.248 e. The van der Waals surface area contributed by atoms with Crippen LogP contribution < -0.4 is 10.2 Å². The lowest BCUT2D eigenvalue weighted by molar-refractivity contribution is -0.117. The first-order valence-corrected chi connectivity index (χ1v) is 6.38. The zero-order chi connectivity index (χ0) is 13.1. The standard InChI is InChI=1S/C14H14N4O/c1-8-12-14(17(2)16-8)18-10-6-4-3-5-9(10)7-11(18)13(19)15-12/h3-6,11H,7H2,1-2H3,(H,15,19). The Hall–Kier alpha value is -2.30. The van der Waals surface area contributed by atoms with Crippen molar-refractivity contribution in [1.29, 1.82) is 0 Å². The van der Waals surface area contributed by atoms with Crippen LogP contribution in [0.3, 0.4) is 0 Å². The van der Waals surface area contributed by atoms with Gasteiger partial charge < -0.3 is 10.2 Å². The third kappa shape index (κ3) is 1.24. The smallest absolute Gasteiger partial charge is 0.248 e. The first-order chi connectivity index (χ1) is 9.16. The normalized spacial score (nSPS) is 19.8. The molecule has 1 aromatic carbocycles. The Balaban J connectivity index is 1.99. The predicted octanol–water partition coefficient (Wildman–Crippen LogP) is 1.74. The Kier molecular flexibility index (Phi) is 1.88. The predicted molar refractivity (Wildman–Crippen MR) is 72.6 cm³/mol. The molecule has 1 amide bonds. The number of para-hydroxylation sites is 1. The Bertz CT molecular complexity index is 703. The molecule has 5 nitrogen and oxygen atoms in total. The molecule has 0 fully saturated rings. The molecule has 0 radical (unpaired) electrons. The van der Waals surface area contributed by atoms with Crippen molar-refractivity contribution in [1.82, 2.24) is 9.78 Å². The Morgan fingerprint density at radius 1 is 1.37 bits per heavy atom. The molecule has 2 aromatic rings. The minimum Gasteiger partial charge on any atom is -0.320 e. The molecule has 19 heavy (non-hydrogen) atoms. The number of aromatic nitrogens is 2. The molecule has 0 aliphatic carbocycles. The molecule has 1 aromatic heterocycles. The highest BCUT2D eigenvalue weighted by Gasteiger charge is 2.42. The molecular weight excluding hydrogens is 240 g/mol. The summed E-state index contributed by atoms with van der Waals surface area (Å²) in [6, 6.07) is 8.03. The van der Waals surface area contributed by atoms with Crippen LogP contribution in [0.15, 0.2) is 24.3 Å². The third-order valence-electron chi connectivity index (χ3n) is 3.95. The van der Waals surface area contributed by atoms with Crippen molar-refractivity contribution in [2.45, 2.75) is 19.4 Å². The quantitative estimate of drug-likeness (QED) is 0.779. The third-order valence-corrected chi connectivity index (χ3v) is 3.95. The molecule has 2 aliphatic rings. The first-order valence-electron chi connectivity index (χ1n) is 6.38. The van der Waals surface area contributed by atoms with Crippen LogP contribution in [0.1, 0.15) is 11.3 Å². The first kappa shape index (κ1) is 10.6. The van der Waals surface area contributed by atoms with Crippen molar-refractivity contribution in [3.63, 3.8) is 0 Å². The number of fused-ring (bicyclic) bond motifs is 5. The molecule has 1 atom stereocenters. The van der Waals surface area contributed by atoms with Crippen LogP contribution in [0.25, 0.3) is 0 Å². The van der Waals surface area contributed by atoms with E-state index in [9.17, 15) is 4.79 Å². The molecule has 4 rings (SSSR count). The van der Waals surface area contributed by atoms with E-state index in [0.29, 0.717) is 0 Å². The van der Waals surface area contributed by atoms with Gasteiger partial charge in [0.2, 0.25) is 5.91 Å². The number of hydrogen-bond donors (Lipinski definition) is 1. The van der Waals surface area contributed by atoms with E-state index in [1.807, 2.05) is 30.8 Å². The average molecular weight is 254 g/mol. The Morgan fingerprint density at radius 2 is 2.16 bits per heavy atom. The lowest BCUT2D eigenvalue weighted by atomic mass is 10.1. The van der Waals surface area contributed by atoms with E-state index < -0.39 is 0 Å². The molecule has 96 valence electrons. The fraction of sp³-hybridized carbons (Fsp3) is 0.286. The number of nitrogens with one attached hydrogen (secondary N) is 1. The van der Waals surface area contributed by atoms with Crippen molar-refractivity contribution in [3.8, 4) is 0 Å². The number of amides is 1. The summed E-state index contributed by atoms with van der Waals surface area (Å²) in [7, 11) is 1.92. The number of nitrogens with zero attached hydrogens (tertiary/aromatic N) is 3. The van der Waals surface area contributed by atoms with Gasteiger partial charge in [-0.05, 0) is 18.6 Å². The molecule has 1 N–H and O–H groups in total. The van der Waals surface area contributed by atoms with Crippen LogP contribution in [0.4, 0.5) is 17.2 Å². The maximum absolute atomic E-state index is 12.3. The van der Waals surface area contributed by atoms with E-state index in [1.165, 1.54) is 5.56 Å². The van der Waals surface area contributed by atoms with Crippen molar-refractivity contribution in [3.05, 3.63) is 35.5 Å². The number of carbonyl (C=O) groups excluding carboxylic acids is 1. The fourth-order valence-electron chi connectivity index (χ4n) is 3.13. The summed E-state index contributed by atoms with van der Waals surface area (Å²) < 4.78 is 1.85.